The van der Waals surface area contributed by atoms with Crippen LogP contribution in [0.25, 0.3) is 0 Å². The standard InChI is InChI=1S/C27H30O6/c1-28-19-9-17(10-20(14-19)29-2)22-12-18-11-21(30-3)15-25(33-6)27(18)26(22)16-7-8-23(31-4)24(13-16)32-5/h7-11,13-15,22,26H,12H2,1-6H3/t22-,26-/m1/s1. The summed E-state index contributed by atoms with van der Waals surface area (Å²) in [5, 5.41) is 0. The van der Waals surface area contributed by atoms with Gasteiger partial charge in [0.05, 0.1) is 42.7 Å². The summed E-state index contributed by atoms with van der Waals surface area (Å²) in [4.78, 5) is 0. The highest BCUT2D eigenvalue weighted by Gasteiger charge is 2.38. The van der Waals surface area contributed by atoms with Crippen molar-refractivity contribution in [2.45, 2.75) is 18.3 Å². The first-order valence-corrected chi connectivity index (χ1v) is 10.8. The topological polar surface area (TPSA) is 55.4 Å². The van der Waals surface area contributed by atoms with Gasteiger partial charge in [-0.3, -0.25) is 0 Å². The van der Waals surface area contributed by atoms with E-state index >= 15 is 0 Å². The van der Waals surface area contributed by atoms with Gasteiger partial charge in [-0.25, -0.2) is 0 Å². The van der Waals surface area contributed by atoms with Crippen molar-refractivity contribution in [3.63, 3.8) is 0 Å². The van der Waals surface area contributed by atoms with Gasteiger partial charge in [-0.15, -0.1) is 0 Å². The third kappa shape index (κ3) is 4.13. The molecule has 3 aromatic rings. The van der Waals surface area contributed by atoms with Gasteiger partial charge in [0.15, 0.2) is 11.5 Å². The fourth-order valence-corrected chi connectivity index (χ4v) is 4.82. The summed E-state index contributed by atoms with van der Waals surface area (Å²) >= 11 is 0. The first-order valence-electron chi connectivity index (χ1n) is 10.8. The van der Waals surface area contributed by atoms with Crippen molar-refractivity contribution < 1.29 is 28.4 Å². The Morgan fingerprint density at radius 3 is 1.73 bits per heavy atom. The van der Waals surface area contributed by atoms with Gasteiger partial charge in [-0.1, -0.05) is 6.07 Å². The molecule has 0 unspecified atom stereocenters. The lowest BCUT2D eigenvalue weighted by Crippen LogP contribution is -2.10. The fourth-order valence-electron chi connectivity index (χ4n) is 4.82. The minimum Gasteiger partial charge on any atom is -0.497 e. The van der Waals surface area contributed by atoms with Crippen molar-refractivity contribution in [3.05, 3.63) is 70.8 Å². The van der Waals surface area contributed by atoms with Crippen LogP contribution < -0.4 is 28.4 Å². The zero-order valence-corrected chi connectivity index (χ0v) is 19.9. The van der Waals surface area contributed by atoms with Gasteiger partial charge in [0.2, 0.25) is 0 Å². The van der Waals surface area contributed by atoms with Crippen LogP contribution in [0.2, 0.25) is 0 Å². The third-order valence-corrected chi connectivity index (χ3v) is 6.38. The number of ether oxygens (including phenoxy) is 6. The lowest BCUT2D eigenvalue weighted by atomic mass is 9.81. The number of methoxy groups -OCH3 is 6. The van der Waals surface area contributed by atoms with Gasteiger partial charge in [-0.05, 0) is 59.4 Å². The van der Waals surface area contributed by atoms with Gasteiger partial charge >= 0.3 is 0 Å². The van der Waals surface area contributed by atoms with Gasteiger partial charge in [0, 0.05) is 23.6 Å². The monoisotopic (exact) mass is 450 g/mol. The molecule has 0 aromatic heterocycles. The third-order valence-electron chi connectivity index (χ3n) is 6.38. The molecule has 3 aromatic carbocycles. The van der Waals surface area contributed by atoms with Crippen molar-refractivity contribution in [3.8, 4) is 34.5 Å². The highest BCUT2D eigenvalue weighted by atomic mass is 16.5. The van der Waals surface area contributed by atoms with Crippen molar-refractivity contribution in [2.75, 3.05) is 42.7 Å². The molecule has 0 fully saturated rings. The molecule has 174 valence electrons. The van der Waals surface area contributed by atoms with Gasteiger partial charge in [-0.2, -0.15) is 0 Å². The summed E-state index contributed by atoms with van der Waals surface area (Å²) in [6.45, 7) is 0. The zero-order valence-electron chi connectivity index (χ0n) is 19.9. The van der Waals surface area contributed by atoms with E-state index in [1.54, 1.807) is 42.7 Å². The van der Waals surface area contributed by atoms with Crippen molar-refractivity contribution in [1.82, 2.24) is 0 Å². The Kier molecular flexibility index (Phi) is 6.54. The Morgan fingerprint density at radius 1 is 0.545 bits per heavy atom. The summed E-state index contributed by atoms with van der Waals surface area (Å²) in [7, 11) is 10.0. The molecule has 0 saturated heterocycles. The zero-order chi connectivity index (χ0) is 23.5. The smallest absolute Gasteiger partial charge is 0.161 e. The molecule has 0 saturated carbocycles. The van der Waals surface area contributed by atoms with E-state index in [9.17, 15) is 0 Å². The molecule has 0 N–H and O–H groups in total. The van der Waals surface area contributed by atoms with Crippen LogP contribution in [-0.2, 0) is 6.42 Å². The van der Waals surface area contributed by atoms with E-state index in [0.29, 0.717) is 11.5 Å². The molecule has 6 heteroatoms. The molecule has 2 atom stereocenters. The lowest BCUT2D eigenvalue weighted by molar-refractivity contribution is 0.354. The molecule has 33 heavy (non-hydrogen) atoms. The quantitative estimate of drug-likeness (QED) is 0.470. The number of hydrogen-bond donors (Lipinski definition) is 0. The van der Waals surface area contributed by atoms with Crippen LogP contribution >= 0.6 is 0 Å². The summed E-state index contributed by atoms with van der Waals surface area (Å²) in [6.07, 6.45) is 0.818. The van der Waals surface area contributed by atoms with E-state index < -0.39 is 0 Å². The molecule has 0 amide bonds. The second-order valence-electron chi connectivity index (χ2n) is 7.95. The Hall–Kier alpha value is -3.54. The van der Waals surface area contributed by atoms with Crippen LogP contribution in [-0.4, -0.2) is 42.7 Å². The molecular weight excluding hydrogens is 420 g/mol. The highest BCUT2D eigenvalue weighted by Crippen LogP contribution is 2.53. The average Bonchev–Trinajstić information content (AvgIpc) is 3.26. The largest absolute Gasteiger partial charge is 0.497 e. The van der Waals surface area contributed by atoms with Gasteiger partial charge < -0.3 is 28.4 Å². The van der Waals surface area contributed by atoms with E-state index in [1.165, 1.54) is 5.56 Å². The highest BCUT2D eigenvalue weighted by molar-refractivity contribution is 5.59. The maximum Gasteiger partial charge on any atom is 0.161 e. The van der Waals surface area contributed by atoms with Gasteiger partial charge in [0.25, 0.3) is 0 Å². The molecule has 0 radical (unpaired) electrons. The second-order valence-corrected chi connectivity index (χ2v) is 7.95. The maximum atomic E-state index is 5.84. The normalized spacial score (nSPS) is 16.7. The maximum absolute atomic E-state index is 5.84. The van der Waals surface area contributed by atoms with E-state index in [1.807, 2.05) is 24.3 Å². The summed E-state index contributed by atoms with van der Waals surface area (Å²) < 4.78 is 33.6. The summed E-state index contributed by atoms with van der Waals surface area (Å²) in [5.41, 5.74) is 4.58. The molecule has 6 nitrogen and oxygen atoms in total. The Bertz CT molecular complexity index is 1120. The summed E-state index contributed by atoms with van der Waals surface area (Å²) in [5.74, 6) is 4.65. The predicted octanol–water partition coefficient (Wildman–Crippen LogP) is 5.21. The van der Waals surface area contributed by atoms with Crippen molar-refractivity contribution >= 4 is 0 Å². The molecule has 0 heterocycles. The van der Waals surface area contributed by atoms with E-state index in [-0.39, 0.29) is 11.8 Å². The van der Waals surface area contributed by atoms with E-state index in [4.69, 9.17) is 28.4 Å². The van der Waals surface area contributed by atoms with Crippen LogP contribution in [0.15, 0.2) is 48.5 Å². The van der Waals surface area contributed by atoms with Crippen LogP contribution in [0.1, 0.15) is 34.1 Å². The molecule has 0 spiro atoms. The Morgan fingerprint density at radius 2 is 1.15 bits per heavy atom. The van der Waals surface area contributed by atoms with Crippen LogP contribution in [0.3, 0.4) is 0 Å². The van der Waals surface area contributed by atoms with E-state index in [0.717, 1.165) is 46.1 Å². The number of rotatable bonds is 8. The average molecular weight is 451 g/mol. The predicted molar refractivity (Wildman–Crippen MR) is 127 cm³/mol. The minimum absolute atomic E-state index is 0.0254. The van der Waals surface area contributed by atoms with Crippen molar-refractivity contribution in [1.29, 1.82) is 0 Å². The Balaban J connectivity index is 1.93. The fraction of sp³-hybridized carbons (Fsp3) is 0.333. The van der Waals surface area contributed by atoms with Crippen LogP contribution in [0, 0.1) is 0 Å². The number of hydrogen-bond acceptors (Lipinski definition) is 6. The number of benzene rings is 3. The molecule has 0 aliphatic heterocycles. The molecule has 0 bridgehead atoms. The Labute approximate surface area is 195 Å². The lowest BCUT2D eigenvalue weighted by Gasteiger charge is -2.24. The van der Waals surface area contributed by atoms with Crippen molar-refractivity contribution in [2.24, 2.45) is 0 Å². The van der Waals surface area contributed by atoms with Crippen LogP contribution in [0.5, 0.6) is 34.5 Å². The van der Waals surface area contributed by atoms with E-state index in [2.05, 4.69) is 24.3 Å². The first-order chi connectivity index (χ1) is 16.1. The summed E-state index contributed by atoms with van der Waals surface area (Å²) in [6, 6.07) is 16.2. The molecule has 1 aliphatic rings. The molecular formula is C27H30O6. The SMILES string of the molecule is COc1cc(OC)cc([C@H]2Cc3cc(OC)cc(OC)c3[C@@H]2c2ccc(OC)c(OC)c2)c1. The second kappa shape index (κ2) is 9.53. The molecule has 4 rings (SSSR count). The minimum atomic E-state index is 0.0254. The molecule has 1 aliphatic carbocycles. The first kappa shape index (κ1) is 22.6. The van der Waals surface area contributed by atoms with Crippen LogP contribution in [0.4, 0.5) is 0 Å². The van der Waals surface area contributed by atoms with Gasteiger partial charge in [0.1, 0.15) is 23.0 Å². The number of fused-ring (bicyclic) bond motifs is 1.